The number of carbonyl (C=O) groups is 2. The standard InChI is InChI=1S/C18H18ClNO5/c1-24-16-8-7-13(9-14(16)19)15(10-17(21)22)20-18(23)25-11-12-5-3-2-4-6-12/h2-9,15H,10-11H2,1H3,(H,20,23)(H,21,22)/t15-/m1/s1. The zero-order chi connectivity index (χ0) is 18.2. The van der Waals surface area contributed by atoms with Gasteiger partial charge in [0.2, 0.25) is 0 Å². The number of amides is 1. The molecule has 7 heteroatoms. The average Bonchev–Trinajstić information content (AvgIpc) is 2.60. The highest BCUT2D eigenvalue weighted by atomic mass is 35.5. The van der Waals surface area contributed by atoms with Crippen LogP contribution in [0, 0.1) is 0 Å². The van der Waals surface area contributed by atoms with E-state index in [4.69, 9.17) is 26.2 Å². The van der Waals surface area contributed by atoms with Crippen LogP contribution < -0.4 is 10.1 Å². The molecule has 2 rings (SSSR count). The zero-order valence-corrected chi connectivity index (χ0v) is 14.3. The van der Waals surface area contributed by atoms with Crippen LogP contribution in [0.3, 0.4) is 0 Å². The Labute approximate surface area is 150 Å². The molecule has 2 N–H and O–H groups in total. The van der Waals surface area contributed by atoms with Crippen molar-refractivity contribution in [2.45, 2.75) is 19.1 Å². The van der Waals surface area contributed by atoms with Crippen molar-refractivity contribution in [2.24, 2.45) is 0 Å². The molecule has 0 bridgehead atoms. The topological polar surface area (TPSA) is 84.9 Å². The van der Waals surface area contributed by atoms with E-state index in [1.807, 2.05) is 30.3 Å². The number of hydrogen-bond acceptors (Lipinski definition) is 4. The Bertz CT molecular complexity index is 736. The second-order valence-electron chi connectivity index (χ2n) is 5.25. The Balaban J connectivity index is 2.05. The van der Waals surface area contributed by atoms with Crippen LogP contribution in [0.4, 0.5) is 4.79 Å². The van der Waals surface area contributed by atoms with Gasteiger partial charge in [-0.25, -0.2) is 4.79 Å². The van der Waals surface area contributed by atoms with Crippen LogP contribution in [0.15, 0.2) is 48.5 Å². The molecule has 0 heterocycles. The van der Waals surface area contributed by atoms with Crippen LogP contribution in [-0.4, -0.2) is 24.3 Å². The predicted molar refractivity (Wildman–Crippen MR) is 92.8 cm³/mol. The van der Waals surface area contributed by atoms with E-state index in [9.17, 15) is 9.59 Å². The van der Waals surface area contributed by atoms with E-state index in [1.165, 1.54) is 7.11 Å². The van der Waals surface area contributed by atoms with Crippen molar-refractivity contribution >= 4 is 23.7 Å². The average molecular weight is 364 g/mol. The quantitative estimate of drug-likeness (QED) is 0.781. The Kier molecular flexibility index (Phi) is 6.65. The summed E-state index contributed by atoms with van der Waals surface area (Å²) in [5.41, 5.74) is 1.38. The summed E-state index contributed by atoms with van der Waals surface area (Å²) < 4.78 is 10.2. The number of aliphatic carboxylic acids is 1. The number of carboxylic acid groups (broad SMARTS) is 1. The maximum Gasteiger partial charge on any atom is 0.407 e. The van der Waals surface area contributed by atoms with Crippen LogP contribution in [0.2, 0.25) is 5.02 Å². The SMILES string of the molecule is COc1ccc([C@@H](CC(=O)O)NC(=O)OCc2ccccc2)cc1Cl. The van der Waals surface area contributed by atoms with E-state index >= 15 is 0 Å². The number of alkyl carbamates (subject to hydrolysis) is 1. The van der Waals surface area contributed by atoms with Crippen molar-refractivity contribution in [3.05, 3.63) is 64.7 Å². The number of ether oxygens (including phenoxy) is 2. The van der Waals surface area contributed by atoms with Gasteiger partial charge in [-0.2, -0.15) is 0 Å². The molecule has 0 saturated carbocycles. The predicted octanol–water partition coefficient (Wildman–Crippen LogP) is 3.79. The molecule has 2 aromatic rings. The Morgan fingerprint density at radius 2 is 1.92 bits per heavy atom. The van der Waals surface area contributed by atoms with E-state index in [0.717, 1.165) is 5.56 Å². The van der Waals surface area contributed by atoms with Gasteiger partial charge in [-0.15, -0.1) is 0 Å². The summed E-state index contributed by atoms with van der Waals surface area (Å²) in [6.07, 6.45) is -1.01. The molecule has 1 atom stereocenters. The normalized spacial score (nSPS) is 11.4. The number of hydrogen-bond donors (Lipinski definition) is 2. The second-order valence-corrected chi connectivity index (χ2v) is 5.66. The number of methoxy groups -OCH3 is 1. The maximum atomic E-state index is 12.0. The molecule has 1 amide bonds. The van der Waals surface area contributed by atoms with Gasteiger partial charge in [0.15, 0.2) is 0 Å². The highest BCUT2D eigenvalue weighted by molar-refractivity contribution is 6.32. The summed E-state index contributed by atoms with van der Waals surface area (Å²) >= 11 is 6.07. The van der Waals surface area contributed by atoms with Crippen LogP contribution in [0.5, 0.6) is 5.75 Å². The fraction of sp³-hybridized carbons (Fsp3) is 0.222. The number of benzene rings is 2. The highest BCUT2D eigenvalue weighted by Crippen LogP contribution is 2.28. The molecule has 0 radical (unpaired) electrons. The lowest BCUT2D eigenvalue weighted by atomic mass is 10.0. The lowest BCUT2D eigenvalue weighted by molar-refractivity contribution is -0.137. The number of halogens is 1. The van der Waals surface area contributed by atoms with Gasteiger partial charge in [-0.3, -0.25) is 4.79 Å². The smallest absolute Gasteiger partial charge is 0.407 e. The summed E-state index contributed by atoms with van der Waals surface area (Å²) in [6, 6.07) is 13.2. The summed E-state index contributed by atoms with van der Waals surface area (Å²) in [7, 11) is 1.48. The van der Waals surface area contributed by atoms with E-state index < -0.39 is 18.1 Å². The van der Waals surface area contributed by atoms with Gasteiger partial charge in [-0.05, 0) is 23.3 Å². The highest BCUT2D eigenvalue weighted by Gasteiger charge is 2.20. The zero-order valence-electron chi connectivity index (χ0n) is 13.6. The molecule has 0 unspecified atom stereocenters. The van der Waals surface area contributed by atoms with E-state index in [1.54, 1.807) is 18.2 Å². The summed E-state index contributed by atoms with van der Waals surface area (Å²) in [5.74, 6) is -0.591. The molecule has 0 fully saturated rings. The van der Waals surface area contributed by atoms with Gasteiger partial charge in [0.1, 0.15) is 12.4 Å². The van der Waals surface area contributed by atoms with Gasteiger partial charge in [0.05, 0.1) is 24.6 Å². The first-order valence-corrected chi connectivity index (χ1v) is 7.90. The van der Waals surface area contributed by atoms with E-state index in [-0.39, 0.29) is 13.0 Å². The number of rotatable bonds is 7. The van der Waals surface area contributed by atoms with Crippen molar-refractivity contribution in [3.8, 4) is 5.75 Å². The minimum absolute atomic E-state index is 0.0931. The fourth-order valence-electron chi connectivity index (χ4n) is 2.23. The molecule has 0 aliphatic heterocycles. The molecule has 0 saturated heterocycles. The fourth-order valence-corrected chi connectivity index (χ4v) is 2.50. The van der Waals surface area contributed by atoms with Crippen LogP contribution in [-0.2, 0) is 16.1 Å². The van der Waals surface area contributed by atoms with Crippen LogP contribution in [0.1, 0.15) is 23.6 Å². The summed E-state index contributed by atoms with van der Waals surface area (Å²) in [5, 5.41) is 12.0. The third-order valence-electron chi connectivity index (χ3n) is 3.46. The molecular formula is C18H18ClNO5. The number of nitrogens with one attached hydrogen (secondary N) is 1. The largest absolute Gasteiger partial charge is 0.495 e. The summed E-state index contributed by atoms with van der Waals surface area (Å²) in [6.45, 7) is 0.0931. The van der Waals surface area contributed by atoms with E-state index in [0.29, 0.717) is 16.3 Å². The first-order valence-electron chi connectivity index (χ1n) is 7.52. The van der Waals surface area contributed by atoms with Crippen molar-refractivity contribution in [1.82, 2.24) is 5.32 Å². The van der Waals surface area contributed by atoms with Gasteiger partial charge < -0.3 is 19.9 Å². The van der Waals surface area contributed by atoms with Crippen molar-refractivity contribution in [3.63, 3.8) is 0 Å². The third kappa shape index (κ3) is 5.69. The van der Waals surface area contributed by atoms with Crippen LogP contribution in [0.25, 0.3) is 0 Å². The molecule has 0 aliphatic carbocycles. The van der Waals surface area contributed by atoms with Gasteiger partial charge in [-0.1, -0.05) is 48.0 Å². The van der Waals surface area contributed by atoms with Crippen molar-refractivity contribution < 1.29 is 24.2 Å². The molecule has 25 heavy (non-hydrogen) atoms. The van der Waals surface area contributed by atoms with Gasteiger partial charge in [0.25, 0.3) is 0 Å². The maximum absolute atomic E-state index is 12.0. The van der Waals surface area contributed by atoms with Crippen LogP contribution >= 0.6 is 11.6 Å². The van der Waals surface area contributed by atoms with Gasteiger partial charge in [0, 0.05) is 0 Å². The Hall–Kier alpha value is -2.73. The molecule has 0 aromatic heterocycles. The molecule has 2 aromatic carbocycles. The lowest BCUT2D eigenvalue weighted by Gasteiger charge is -2.18. The molecule has 132 valence electrons. The number of carbonyl (C=O) groups excluding carboxylic acids is 1. The second kappa shape index (κ2) is 8.94. The molecule has 0 aliphatic rings. The number of carboxylic acids is 1. The first-order chi connectivity index (χ1) is 12.0. The minimum Gasteiger partial charge on any atom is -0.495 e. The monoisotopic (exact) mass is 363 g/mol. The van der Waals surface area contributed by atoms with E-state index in [2.05, 4.69) is 5.32 Å². The lowest BCUT2D eigenvalue weighted by Crippen LogP contribution is -2.30. The third-order valence-corrected chi connectivity index (χ3v) is 3.76. The van der Waals surface area contributed by atoms with Crippen molar-refractivity contribution in [2.75, 3.05) is 7.11 Å². The summed E-state index contributed by atoms with van der Waals surface area (Å²) in [4.78, 5) is 23.1. The first kappa shape index (κ1) is 18.6. The molecular weight excluding hydrogens is 346 g/mol. The Morgan fingerprint density at radius 3 is 2.52 bits per heavy atom. The Morgan fingerprint density at radius 1 is 1.20 bits per heavy atom. The minimum atomic E-state index is -1.06. The van der Waals surface area contributed by atoms with Crippen molar-refractivity contribution in [1.29, 1.82) is 0 Å². The van der Waals surface area contributed by atoms with Gasteiger partial charge >= 0.3 is 12.1 Å². The molecule has 0 spiro atoms. The molecule has 6 nitrogen and oxygen atoms in total.